The zero-order valence-corrected chi connectivity index (χ0v) is 8.14. The summed E-state index contributed by atoms with van der Waals surface area (Å²) in [5, 5.41) is 9.94. The highest BCUT2D eigenvalue weighted by molar-refractivity contribution is 6.32. The number of carbonyl (C=O) groups is 1. The van der Waals surface area contributed by atoms with Gasteiger partial charge in [-0.25, -0.2) is 0 Å². The fraction of sp³-hybridized carbons (Fsp3) is 0.300. The fourth-order valence-electron chi connectivity index (χ4n) is 1.12. The zero-order chi connectivity index (χ0) is 9.84. The molecule has 0 saturated heterocycles. The van der Waals surface area contributed by atoms with Gasteiger partial charge in [0.2, 0.25) is 0 Å². The number of hydrogen-bond donors (Lipinski definition) is 1. The number of aldehydes is 1. The molecule has 70 valence electrons. The first-order valence-electron chi connectivity index (χ1n) is 4.07. The molecule has 1 aromatic rings. The van der Waals surface area contributed by atoms with Gasteiger partial charge in [0.25, 0.3) is 0 Å². The van der Waals surface area contributed by atoms with Gasteiger partial charge in [0.1, 0.15) is 12.0 Å². The number of phenols is 1. The molecule has 0 atom stereocenters. The van der Waals surface area contributed by atoms with Crippen LogP contribution in [0.2, 0.25) is 5.02 Å². The van der Waals surface area contributed by atoms with Crippen molar-refractivity contribution in [3.8, 4) is 5.75 Å². The van der Waals surface area contributed by atoms with Gasteiger partial charge >= 0.3 is 0 Å². The molecule has 2 nitrogen and oxygen atoms in total. The Kier molecular flexibility index (Phi) is 3.32. The molecule has 1 rings (SSSR count). The molecule has 0 unspecified atom stereocenters. The van der Waals surface area contributed by atoms with E-state index in [0.29, 0.717) is 17.9 Å². The second-order valence-corrected chi connectivity index (χ2v) is 3.29. The van der Waals surface area contributed by atoms with E-state index in [1.165, 1.54) is 0 Å². The van der Waals surface area contributed by atoms with E-state index in [-0.39, 0.29) is 5.75 Å². The summed E-state index contributed by atoms with van der Waals surface area (Å²) in [6.07, 6.45) is 1.77. The van der Waals surface area contributed by atoms with Gasteiger partial charge in [-0.05, 0) is 24.5 Å². The number of carbonyl (C=O) groups excluding carboxylic acids is 1. The highest BCUT2D eigenvalue weighted by Gasteiger charge is 2.07. The van der Waals surface area contributed by atoms with Gasteiger partial charge in [0, 0.05) is 6.42 Å². The summed E-state index contributed by atoms with van der Waals surface area (Å²) in [4.78, 5) is 10.1. The van der Waals surface area contributed by atoms with Gasteiger partial charge in [-0.15, -0.1) is 0 Å². The number of aromatic hydroxyl groups is 1. The van der Waals surface area contributed by atoms with Crippen LogP contribution in [0.5, 0.6) is 5.75 Å². The Hall–Kier alpha value is -1.02. The molecular formula is C10H11ClO2. The van der Waals surface area contributed by atoms with Crippen LogP contribution in [0.4, 0.5) is 0 Å². The Morgan fingerprint density at radius 2 is 2.23 bits per heavy atom. The van der Waals surface area contributed by atoms with Crippen molar-refractivity contribution in [1.29, 1.82) is 0 Å². The lowest BCUT2D eigenvalue weighted by atomic mass is 10.1. The molecular weight excluding hydrogens is 188 g/mol. The Morgan fingerprint density at radius 3 is 2.85 bits per heavy atom. The third-order valence-corrected chi connectivity index (χ3v) is 2.40. The summed E-state index contributed by atoms with van der Waals surface area (Å²) in [7, 11) is 0. The monoisotopic (exact) mass is 198 g/mol. The Labute approximate surface area is 82.2 Å². The maximum absolute atomic E-state index is 10.1. The molecule has 0 aromatic heterocycles. The molecule has 13 heavy (non-hydrogen) atoms. The lowest BCUT2D eigenvalue weighted by Crippen LogP contribution is -1.89. The molecule has 0 saturated carbocycles. The van der Waals surface area contributed by atoms with E-state index >= 15 is 0 Å². The molecule has 0 aliphatic heterocycles. The van der Waals surface area contributed by atoms with Crippen molar-refractivity contribution in [1.82, 2.24) is 0 Å². The minimum absolute atomic E-state index is 0.100. The van der Waals surface area contributed by atoms with Crippen molar-refractivity contribution in [3.63, 3.8) is 0 Å². The average Bonchev–Trinajstić information content (AvgIpc) is 2.13. The lowest BCUT2D eigenvalue weighted by Gasteiger charge is -2.06. The first kappa shape index (κ1) is 10.1. The Bertz CT molecular complexity index is 321. The molecule has 1 aromatic carbocycles. The fourth-order valence-corrected chi connectivity index (χ4v) is 1.31. The number of aryl methyl sites for hydroxylation is 2. The van der Waals surface area contributed by atoms with Gasteiger partial charge in [-0.3, -0.25) is 0 Å². The van der Waals surface area contributed by atoms with Crippen LogP contribution in [0.3, 0.4) is 0 Å². The number of phenolic OH excluding ortho intramolecular Hbond substituents is 1. The van der Waals surface area contributed by atoms with Crippen LogP contribution in [-0.4, -0.2) is 11.4 Å². The van der Waals surface area contributed by atoms with Gasteiger partial charge in [0.15, 0.2) is 0 Å². The third kappa shape index (κ3) is 2.22. The molecule has 1 N–H and O–H groups in total. The van der Waals surface area contributed by atoms with Crippen molar-refractivity contribution in [2.24, 2.45) is 0 Å². The minimum atomic E-state index is 0.100. The first-order valence-corrected chi connectivity index (χ1v) is 4.45. The molecule has 0 fully saturated rings. The summed E-state index contributed by atoms with van der Waals surface area (Å²) in [5.41, 5.74) is 1.57. The summed E-state index contributed by atoms with van der Waals surface area (Å²) >= 11 is 5.82. The summed E-state index contributed by atoms with van der Waals surface area (Å²) in [6, 6.07) is 3.63. The lowest BCUT2D eigenvalue weighted by molar-refractivity contribution is -0.107. The molecule has 0 amide bonds. The maximum Gasteiger partial charge on any atom is 0.137 e. The summed E-state index contributed by atoms with van der Waals surface area (Å²) in [5.74, 6) is 0.100. The van der Waals surface area contributed by atoms with E-state index in [1.54, 1.807) is 6.07 Å². The van der Waals surface area contributed by atoms with E-state index < -0.39 is 0 Å². The predicted molar refractivity (Wildman–Crippen MR) is 52.2 cm³/mol. The number of hydrogen-bond acceptors (Lipinski definition) is 2. The first-order chi connectivity index (χ1) is 6.16. The topological polar surface area (TPSA) is 37.3 Å². The van der Waals surface area contributed by atoms with Crippen LogP contribution in [0.15, 0.2) is 12.1 Å². The van der Waals surface area contributed by atoms with E-state index in [4.69, 9.17) is 11.6 Å². The number of benzene rings is 1. The molecule has 0 aliphatic carbocycles. The molecule has 0 spiro atoms. The van der Waals surface area contributed by atoms with E-state index in [2.05, 4.69) is 0 Å². The molecule has 0 radical (unpaired) electrons. The van der Waals surface area contributed by atoms with Crippen LogP contribution < -0.4 is 0 Å². The maximum atomic E-state index is 10.1. The second-order valence-electron chi connectivity index (χ2n) is 2.91. The molecule has 0 aliphatic rings. The smallest absolute Gasteiger partial charge is 0.137 e. The van der Waals surface area contributed by atoms with Crippen LogP contribution in [0, 0.1) is 6.92 Å². The van der Waals surface area contributed by atoms with E-state index in [1.807, 2.05) is 13.0 Å². The normalized spacial score (nSPS) is 10.0. The molecule has 3 heteroatoms. The molecule has 0 heterocycles. The second kappa shape index (κ2) is 4.28. The highest BCUT2D eigenvalue weighted by atomic mass is 35.5. The SMILES string of the molecule is Cc1ccc(CCC=O)c(O)c1Cl. The van der Waals surface area contributed by atoms with Crippen LogP contribution in [-0.2, 0) is 11.2 Å². The third-order valence-electron chi connectivity index (χ3n) is 1.92. The average molecular weight is 199 g/mol. The van der Waals surface area contributed by atoms with Crippen molar-refractivity contribution in [2.75, 3.05) is 0 Å². The van der Waals surface area contributed by atoms with E-state index in [9.17, 15) is 9.90 Å². The molecule has 0 bridgehead atoms. The van der Waals surface area contributed by atoms with Crippen molar-refractivity contribution in [2.45, 2.75) is 19.8 Å². The number of rotatable bonds is 3. The van der Waals surface area contributed by atoms with Gasteiger partial charge in [-0.1, -0.05) is 23.7 Å². The van der Waals surface area contributed by atoms with Gasteiger partial charge < -0.3 is 9.90 Å². The minimum Gasteiger partial charge on any atom is -0.506 e. The predicted octanol–water partition coefficient (Wildman–Crippen LogP) is 2.49. The largest absolute Gasteiger partial charge is 0.506 e. The van der Waals surface area contributed by atoms with Crippen LogP contribution >= 0.6 is 11.6 Å². The van der Waals surface area contributed by atoms with Gasteiger partial charge in [-0.2, -0.15) is 0 Å². The summed E-state index contributed by atoms with van der Waals surface area (Å²) in [6.45, 7) is 1.82. The highest BCUT2D eigenvalue weighted by Crippen LogP contribution is 2.30. The quantitative estimate of drug-likeness (QED) is 0.758. The zero-order valence-electron chi connectivity index (χ0n) is 7.38. The van der Waals surface area contributed by atoms with Crippen LogP contribution in [0.25, 0.3) is 0 Å². The van der Waals surface area contributed by atoms with Crippen LogP contribution in [0.1, 0.15) is 17.5 Å². The van der Waals surface area contributed by atoms with E-state index in [0.717, 1.165) is 17.4 Å². The van der Waals surface area contributed by atoms with Gasteiger partial charge in [0.05, 0.1) is 5.02 Å². The Balaban J connectivity index is 2.96. The number of halogens is 1. The van der Waals surface area contributed by atoms with Crippen molar-refractivity contribution < 1.29 is 9.90 Å². The summed E-state index contributed by atoms with van der Waals surface area (Å²) < 4.78 is 0. The van der Waals surface area contributed by atoms with Crippen molar-refractivity contribution in [3.05, 3.63) is 28.3 Å². The Morgan fingerprint density at radius 1 is 1.54 bits per heavy atom. The van der Waals surface area contributed by atoms with Crippen molar-refractivity contribution >= 4 is 17.9 Å². The standard InChI is InChI=1S/C10H11ClO2/c1-7-4-5-8(3-2-6-12)10(13)9(7)11/h4-6,13H,2-3H2,1H3.